The molecule has 21 heavy (non-hydrogen) atoms. The van der Waals surface area contributed by atoms with Gasteiger partial charge in [0.2, 0.25) is 5.91 Å². The van der Waals surface area contributed by atoms with Crippen molar-refractivity contribution < 1.29 is 18.4 Å². The van der Waals surface area contributed by atoms with E-state index >= 15 is 0 Å². The van der Waals surface area contributed by atoms with Crippen molar-refractivity contribution in [1.29, 1.82) is 0 Å². The Hall–Kier alpha value is -2.56. The lowest BCUT2D eigenvalue weighted by molar-refractivity contribution is -0.117. The molecule has 1 aliphatic rings. The number of nitrogens with zero attached hydrogens (tertiary/aromatic N) is 1. The molecule has 0 N–H and O–H groups in total. The first-order valence-corrected chi connectivity index (χ1v) is 6.36. The van der Waals surface area contributed by atoms with Crippen molar-refractivity contribution in [1.82, 2.24) is 0 Å². The standard InChI is InChI=1S/C16H11F2NO2/c1-19-14-5-3-9(6-11(14)8-15(19)20)16(21)10-2-4-12(17)13(18)7-10/h2-7H,8H2,1H3. The van der Waals surface area contributed by atoms with Gasteiger partial charge in [0, 0.05) is 23.9 Å². The van der Waals surface area contributed by atoms with Crippen molar-refractivity contribution in [3.8, 4) is 0 Å². The Morgan fingerprint density at radius 3 is 2.43 bits per heavy atom. The fourth-order valence-electron chi connectivity index (χ4n) is 2.42. The van der Waals surface area contributed by atoms with Crippen LogP contribution in [0.2, 0.25) is 0 Å². The molecule has 0 fully saturated rings. The number of fused-ring (bicyclic) bond motifs is 1. The molecule has 0 saturated carbocycles. The predicted molar refractivity (Wildman–Crippen MR) is 73.3 cm³/mol. The third-order valence-electron chi connectivity index (χ3n) is 3.60. The summed E-state index contributed by atoms with van der Waals surface area (Å²) in [4.78, 5) is 25.4. The van der Waals surface area contributed by atoms with Crippen molar-refractivity contribution in [2.24, 2.45) is 0 Å². The Balaban J connectivity index is 1.98. The van der Waals surface area contributed by atoms with Crippen LogP contribution in [-0.2, 0) is 11.2 Å². The van der Waals surface area contributed by atoms with Crippen LogP contribution in [0.15, 0.2) is 36.4 Å². The fourth-order valence-corrected chi connectivity index (χ4v) is 2.42. The zero-order valence-corrected chi connectivity index (χ0v) is 11.2. The summed E-state index contributed by atoms with van der Waals surface area (Å²) in [7, 11) is 1.67. The van der Waals surface area contributed by atoms with Gasteiger partial charge < -0.3 is 4.90 Å². The Kier molecular flexibility index (Phi) is 3.05. The van der Waals surface area contributed by atoms with E-state index in [2.05, 4.69) is 0 Å². The maximum Gasteiger partial charge on any atom is 0.231 e. The van der Waals surface area contributed by atoms with E-state index < -0.39 is 17.4 Å². The minimum Gasteiger partial charge on any atom is -0.315 e. The lowest BCUT2D eigenvalue weighted by atomic mass is 10.00. The first kappa shape index (κ1) is 13.4. The molecule has 0 radical (unpaired) electrons. The highest BCUT2D eigenvalue weighted by molar-refractivity contribution is 6.10. The highest BCUT2D eigenvalue weighted by Crippen LogP contribution is 2.29. The Bertz CT molecular complexity index is 771. The van der Waals surface area contributed by atoms with Gasteiger partial charge in [-0.15, -0.1) is 0 Å². The summed E-state index contributed by atoms with van der Waals surface area (Å²) in [6.45, 7) is 0. The summed E-state index contributed by atoms with van der Waals surface area (Å²) in [5.74, 6) is -2.49. The molecule has 3 nitrogen and oxygen atoms in total. The second-order valence-corrected chi connectivity index (χ2v) is 4.93. The van der Waals surface area contributed by atoms with Gasteiger partial charge in [0.15, 0.2) is 17.4 Å². The van der Waals surface area contributed by atoms with Crippen molar-refractivity contribution >= 4 is 17.4 Å². The van der Waals surface area contributed by atoms with E-state index in [4.69, 9.17) is 0 Å². The van der Waals surface area contributed by atoms with Crippen molar-refractivity contribution in [2.45, 2.75) is 6.42 Å². The molecule has 1 amide bonds. The van der Waals surface area contributed by atoms with Crippen LogP contribution >= 0.6 is 0 Å². The molecule has 0 unspecified atom stereocenters. The van der Waals surface area contributed by atoms with Gasteiger partial charge in [0.05, 0.1) is 6.42 Å². The van der Waals surface area contributed by atoms with Crippen LogP contribution in [0.5, 0.6) is 0 Å². The first-order chi connectivity index (χ1) is 9.97. The molecule has 2 aromatic rings. The highest BCUT2D eigenvalue weighted by Gasteiger charge is 2.25. The van der Waals surface area contributed by atoms with Gasteiger partial charge in [-0.3, -0.25) is 9.59 Å². The molecule has 2 aromatic carbocycles. The molecule has 0 aliphatic carbocycles. The molecule has 0 bridgehead atoms. The lowest BCUT2D eigenvalue weighted by Gasteiger charge is -2.10. The van der Waals surface area contributed by atoms with Crippen LogP contribution in [-0.4, -0.2) is 18.7 Å². The maximum atomic E-state index is 13.2. The van der Waals surface area contributed by atoms with E-state index in [9.17, 15) is 18.4 Å². The van der Waals surface area contributed by atoms with E-state index in [1.807, 2.05) is 0 Å². The largest absolute Gasteiger partial charge is 0.315 e. The van der Waals surface area contributed by atoms with Gasteiger partial charge in [-0.05, 0) is 42.0 Å². The van der Waals surface area contributed by atoms with E-state index in [1.54, 1.807) is 25.2 Å². The predicted octanol–water partition coefficient (Wildman–Crippen LogP) is 2.71. The topological polar surface area (TPSA) is 37.4 Å². The Morgan fingerprint density at radius 1 is 1.05 bits per heavy atom. The number of carbonyl (C=O) groups excluding carboxylic acids is 2. The van der Waals surface area contributed by atoms with Crippen LogP contribution in [0.4, 0.5) is 14.5 Å². The number of ketones is 1. The number of hydrogen-bond donors (Lipinski definition) is 0. The molecular weight excluding hydrogens is 276 g/mol. The van der Waals surface area contributed by atoms with Gasteiger partial charge in [-0.25, -0.2) is 8.78 Å². The molecule has 1 aliphatic heterocycles. The smallest absolute Gasteiger partial charge is 0.231 e. The summed E-state index contributed by atoms with van der Waals surface area (Å²) in [5.41, 5.74) is 1.95. The maximum absolute atomic E-state index is 13.2. The van der Waals surface area contributed by atoms with E-state index in [0.29, 0.717) is 5.56 Å². The third kappa shape index (κ3) is 2.20. The summed E-state index contributed by atoms with van der Waals surface area (Å²) in [6, 6.07) is 7.94. The van der Waals surface area contributed by atoms with E-state index in [1.165, 1.54) is 11.0 Å². The van der Waals surface area contributed by atoms with E-state index in [-0.39, 0.29) is 17.9 Å². The molecule has 1 heterocycles. The second-order valence-electron chi connectivity index (χ2n) is 4.93. The zero-order chi connectivity index (χ0) is 15.1. The SMILES string of the molecule is CN1C(=O)Cc2cc(C(=O)c3ccc(F)c(F)c3)ccc21. The molecular formula is C16H11F2NO2. The summed E-state index contributed by atoms with van der Waals surface area (Å²) in [6.07, 6.45) is 0.241. The van der Waals surface area contributed by atoms with E-state index in [0.717, 1.165) is 23.4 Å². The molecule has 0 aromatic heterocycles. The van der Waals surface area contributed by atoms with Crippen LogP contribution in [0.1, 0.15) is 21.5 Å². The van der Waals surface area contributed by atoms with Crippen molar-refractivity contribution in [3.63, 3.8) is 0 Å². The summed E-state index contributed by atoms with van der Waals surface area (Å²) >= 11 is 0. The molecule has 0 atom stereocenters. The normalized spacial score (nSPS) is 13.5. The van der Waals surface area contributed by atoms with Gasteiger partial charge >= 0.3 is 0 Å². The molecule has 5 heteroatoms. The number of rotatable bonds is 2. The van der Waals surface area contributed by atoms with Crippen LogP contribution < -0.4 is 4.90 Å². The average molecular weight is 287 g/mol. The Labute approximate surface area is 119 Å². The minimum atomic E-state index is -1.06. The fraction of sp³-hybridized carbons (Fsp3) is 0.125. The van der Waals surface area contributed by atoms with Crippen LogP contribution in [0.25, 0.3) is 0 Å². The van der Waals surface area contributed by atoms with Gasteiger partial charge in [-0.1, -0.05) is 0 Å². The molecule has 106 valence electrons. The van der Waals surface area contributed by atoms with Crippen molar-refractivity contribution in [2.75, 3.05) is 11.9 Å². The first-order valence-electron chi connectivity index (χ1n) is 6.36. The Morgan fingerprint density at radius 2 is 1.71 bits per heavy atom. The number of benzene rings is 2. The highest BCUT2D eigenvalue weighted by atomic mass is 19.2. The molecule has 0 saturated heterocycles. The van der Waals surface area contributed by atoms with Crippen molar-refractivity contribution in [3.05, 3.63) is 64.7 Å². The minimum absolute atomic E-state index is 0.0394. The molecule has 3 rings (SSSR count). The average Bonchev–Trinajstić information content (AvgIpc) is 2.76. The lowest BCUT2D eigenvalue weighted by Crippen LogP contribution is -2.20. The second kappa shape index (κ2) is 4.77. The third-order valence-corrected chi connectivity index (χ3v) is 3.60. The number of carbonyl (C=O) groups is 2. The zero-order valence-electron chi connectivity index (χ0n) is 11.2. The number of halogens is 2. The molecule has 0 spiro atoms. The quantitative estimate of drug-likeness (QED) is 0.796. The summed E-state index contributed by atoms with van der Waals surface area (Å²) in [5, 5.41) is 0. The van der Waals surface area contributed by atoms with Gasteiger partial charge in [0.25, 0.3) is 0 Å². The number of amides is 1. The number of anilines is 1. The van der Waals surface area contributed by atoms with Gasteiger partial charge in [0.1, 0.15) is 0 Å². The number of likely N-dealkylation sites (N-methyl/N-ethyl adjacent to an activating group) is 1. The summed E-state index contributed by atoms with van der Waals surface area (Å²) < 4.78 is 26.1. The van der Waals surface area contributed by atoms with Gasteiger partial charge in [-0.2, -0.15) is 0 Å². The monoisotopic (exact) mass is 287 g/mol. The number of hydrogen-bond acceptors (Lipinski definition) is 2. The van der Waals surface area contributed by atoms with Crippen LogP contribution in [0.3, 0.4) is 0 Å². The van der Waals surface area contributed by atoms with Crippen LogP contribution in [0, 0.1) is 11.6 Å².